The van der Waals surface area contributed by atoms with E-state index >= 15 is 0 Å². The number of halogens is 3. The Morgan fingerprint density at radius 1 is 1.18 bits per heavy atom. The first kappa shape index (κ1) is 16.6. The predicted molar refractivity (Wildman–Crippen MR) is 86.2 cm³/mol. The van der Waals surface area contributed by atoms with Gasteiger partial charge in [0.1, 0.15) is 12.4 Å². The molecular formula is C17H18ClF2NO. The van der Waals surface area contributed by atoms with Gasteiger partial charge >= 0.3 is 0 Å². The van der Waals surface area contributed by atoms with Gasteiger partial charge in [-0.3, -0.25) is 0 Å². The van der Waals surface area contributed by atoms with Crippen LogP contribution in [0.2, 0.25) is 5.02 Å². The van der Waals surface area contributed by atoms with Crippen LogP contribution in [0.15, 0.2) is 30.3 Å². The summed E-state index contributed by atoms with van der Waals surface area (Å²) in [5, 5.41) is 3.39. The average molecular weight is 326 g/mol. The van der Waals surface area contributed by atoms with E-state index in [0.29, 0.717) is 22.0 Å². The first-order chi connectivity index (χ1) is 10.4. The highest BCUT2D eigenvalue weighted by atomic mass is 35.5. The van der Waals surface area contributed by atoms with E-state index in [2.05, 4.69) is 5.32 Å². The lowest BCUT2D eigenvalue weighted by molar-refractivity contribution is 0.148. The molecule has 2 aromatic carbocycles. The van der Waals surface area contributed by atoms with Crippen LogP contribution in [-0.2, 0) is 6.61 Å². The van der Waals surface area contributed by atoms with Crippen LogP contribution in [0.25, 0.3) is 0 Å². The zero-order valence-corrected chi connectivity index (χ0v) is 13.5. The zero-order chi connectivity index (χ0) is 16.3. The number of aryl methyl sites for hydroxylation is 2. The number of anilines is 1. The lowest BCUT2D eigenvalue weighted by Gasteiger charge is -2.16. The minimum atomic E-state index is -2.55. The minimum absolute atomic E-state index is 0.0267. The number of hydrogen-bond donors (Lipinski definition) is 1. The molecule has 0 heterocycles. The Morgan fingerprint density at radius 2 is 1.86 bits per heavy atom. The molecule has 2 nitrogen and oxygen atoms in total. The van der Waals surface area contributed by atoms with Crippen LogP contribution in [0.3, 0.4) is 0 Å². The van der Waals surface area contributed by atoms with E-state index in [0.717, 1.165) is 11.1 Å². The Morgan fingerprint density at radius 3 is 2.50 bits per heavy atom. The number of alkyl halides is 2. The average Bonchev–Trinajstić information content (AvgIpc) is 2.49. The van der Waals surface area contributed by atoms with E-state index in [1.807, 2.05) is 26.0 Å². The molecule has 0 amide bonds. The van der Waals surface area contributed by atoms with Crippen molar-refractivity contribution in [1.29, 1.82) is 0 Å². The summed E-state index contributed by atoms with van der Waals surface area (Å²) in [4.78, 5) is 0. The van der Waals surface area contributed by atoms with Gasteiger partial charge in [-0.1, -0.05) is 23.7 Å². The van der Waals surface area contributed by atoms with Crippen molar-refractivity contribution in [2.24, 2.45) is 0 Å². The first-order valence-corrected chi connectivity index (χ1v) is 7.29. The summed E-state index contributed by atoms with van der Waals surface area (Å²) in [7, 11) is 1.69. The van der Waals surface area contributed by atoms with Crippen molar-refractivity contribution in [3.63, 3.8) is 0 Å². The summed E-state index contributed by atoms with van der Waals surface area (Å²) in [6, 6.07) is 8.38. The Balaban J connectivity index is 2.30. The molecule has 0 aliphatic carbocycles. The van der Waals surface area contributed by atoms with Gasteiger partial charge in [-0.25, -0.2) is 8.78 Å². The van der Waals surface area contributed by atoms with Crippen LogP contribution in [0, 0.1) is 13.8 Å². The maximum Gasteiger partial charge on any atom is 0.264 e. The van der Waals surface area contributed by atoms with E-state index in [1.165, 1.54) is 6.07 Å². The lowest BCUT2D eigenvalue weighted by atomic mass is 10.1. The Labute approximate surface area is 134 Å². The molecule has 0 atom stereocenters. The zero-order valence-electron chi connectivity index (χ0n) is 12.7. The first-order valence-electron chi connectivity index (χ1n) is 6.91. The molecule has 0 unspecified atom stereocenters. The summed E-state index contributed by atoms with van der Waals surface area (Å²) < 4.78 is 32.0. The molecule has 0 radical (unpaired) electrons. The molecule has 0 spiro atoms. The largest absolute Gasteiger partial charge is 0.487 e. The van der Waals surface area contributed by atoms with Crippen LogP contribution >= 0.6 is 11.6 Å². The standard InChI is InChI=1S/C17H18ClF2NO/c1-10-7-14(18)16(8-11(10)2)22-9-13-12(17(19)20)5-4-6-15(13)21-3/h4-8,17,21H,9H2,1-3H3. The number of benzene rings is 2. The van der Waals surface area contributed by atoms with E-state index in [9.17, 15) is 8.78 Å². The van der Waals surface area contributed by atoms with E-state index in [1.54, 1.807) is 19.2 Å². The fraction of sp³-hybridized carbons (Fsp3) is 0.294. The van der Waals surface area contributed by atoms with Gasteiger partial charge in [0, 0.05) is 23.9 Å². The number of rotatable bonds is 5. The van der Waals surface area contributed by atoms with Crippen LogP contribution in [-0.4, -0.2) is 7.05 Å². The van der Waals surface area contributed by atoms with Crippen molar-refractivity contribution in [1.82, 2.24) is 0 Å². The van der Waals surface area contributed by atoms with Gasteiger partial charge in [0.15, 0.2) is 0 Å². The molecular weight excluding hydrogens is 308 g/mol. The van der Waals surface area contributed by atoms with Gasteiger partial charge in [-0.15, -0.1) is 0 Å². The smallest absolute Gasteiger partial charge is 0.264 e. The maximum atomic E-state index is 13.2. The second-order valence-electron chi connectivity index (χ2n) is 5.08. The fourth-order valence-corrected chi connectivity index (χ4v) is 2.49. The summed E-state index contributed by atoms with van der Waals surface area (Å²) in [5.74, 6) is 0.496. The van der Waals surface area contributed by atoms with Crippen molar-refractivity contribution < 1.29 is 13.5 Å². The minimum Gasteiger partial charge on any atom is -0.487 e. The van der Waals surface area contributed by atoms with Crippen molar-refractivity contribution in [3.05, 3.63) is 57.6 Å². The molecule has 1 N–H and O–H groups in total. The van der Waals surface area contributed by atoms with Gasteiger partial charge in [0.2, 0.25) is 0 Å². The number of ether oxygens (including phenoxy) is 1. The third-order valence-corrected chi connectivity index (χ3v) is 3.93. The SMILES string of the molecule is CNc1cccc(C(F)F)c1COc1cc(C)c(C)cc1Cl. The monoisotopic (exact) mass is 325 g/mol. The Bertz CT molecular complexity index is 674. The Kier molecular flexibility index (Phi) is 5.24. The quantitative estimate of drug-likeness (QED) is 0.782. The molecule has 0 aliphatic rings. The van der Waals surface area contributed by atoms with E-state index in [-0.39, 0.29) is 12.2 Å². The van der Waals surface area contributed by atoms with Crippen molar-refractivity contribution >= 4 is 17.3 Å². The Hall–Kier alpha value is -1.81. The highest BCUT2D eigenvalue weighted by Crippen LogP contribution is 2.32. The number of hydrogen-bond acceptors (Lipinski definition) is 2. The molecule has 5 heteroatoms. The fourth-order valence-electron chi connectivity index (χ4n) is 2.22. The normalized spacial score (nSPS) is 10.9. The molecule has 0 aromatic heterocycles. The molecule has 118 valence electrons. The summed E-state index contributed by atoms with van der Waals surface area (Å²) in [6.07, 6.45) is -2.55. The molecule has 0 aliphatic heterocycles. The number of nitrogens with one attached hydrogen (secondary N) is 1. The second kappa shape index (κ2) is 6.97. The van der Waals surface area contributed by atoms with Crippen molar-refractivity contribution in [2.75, 3.05) is 12.4 Å². The molecule has 2 aromatic rings. The summed E-state index contributed by atoms with van der Waals surface area (Å²) in [5.41, 5.74) is 3.12. The molecule has 22 heavy (non-hydrogen) atoms. The predicted octanol–water partition coefficient (Wildman–Crippen LogP) is 5.52. The van der Waals surface area contributed by atoms with Crippen molar-refractivity contribution in [3.8, 4) is 5.75 Å². The molecule has 0 fully saturated rings. The third kappa shape index (κ3) is 3.50. The van der Waals surface area contributed by atoms with Gasteiger partial charge in [0.05, 0.1) is 5.02 Å². The molecule has 0 saturated heterocycles. The highest BCUT2D eigenvalue weighted by Gasteiger charge is 2.17. The van der Waals surface area contributed by atoms with Crippen LogP contribution in [0.1, 0.15) is 28.7 Å². The van der Waals surface area contributed by atoms with Gasteiger partial charge in [-0.2, -0.15) is 0 Å². The van der Waals surface area contributed by atoms with E-state index in [4.69, 9.17) is 16.3 Å². The molecule has 2 rings (SSSR count). The summed E-state index contributed by atoms with van der Waals surface area (Å²) in [6.45, 7) is 3.93. The van der Waals surface area contributed by atoms with Crippen LogP contribution in [0.5, 0.6) is 5.75 Å². The van der Waals surface area contributed by atoms with Crippen LogP contribution < -0.4 is 10.1 Å². The topological polar surface area (TPSA) is 21.3 Å². The summed E-state index contributed by atoms with van der Waals surface area (Å²) >= 11 is 6.15. The lowest BCUT2D eigenvalue weighted by Crippen LogP contribution is -2.05. The van der Waals surface area contributed by atoms with E-state index < -0.39 is 6.43 Å². The molecule has 0 saturated carbocycles. The third-order valence-electron chi connectivity index (χ3n) is 3.64. The van der Waals surface area contributed by atoms with Crippen molar-refractivity contribution in [2.45, 2.75) is 26.9 Å². The van der Waals surface area contributed by atoms with Gasteiger partial charge < -0.3 is 10.1 Å². The molecule has 0 bridgehead atoms. The second-order valence-corrected chi connectivity index (χ2v) is 5.49. The van der Waals surface area contributed by atoms with Gasteiger partial charge in [-0.05, 0) is 43.2 Å². The van der Waals surface area contributed by atoms with Gasteiger partial charge in [0.25, 0.3) is 6.43 Å². The van der Waals surface area contributed by atoms with Crippen LogP contribution in [0.4, 0.5) is 14.5 Å². The maximum absolute atomic E-state index is 13.2. The highest BCUT2D eigenvalue weighted by molar-refractivity contribution is 6.32.